The van der Waals surface area contributed by atoms with E-state index in [1.54, 1.807) is 0 Å². The van der Waals surface area contributed by atoms with Crippen molar-refractivity contribution < 1.29 is 13.9 Å². The number of hydrogen-bond donors (Lipinski definition) is 1. The van der Waals surface area contributed by atoms with Crippen LogP contribution in [0.4, 0.5) is 8.78 Å². The zero-order valence-corrected chi connectivity index (χ0v) is 12.3. The van der Waals surface area contributed by atoms with Gasteiger partial charge in [0, 0.05) is 17.9 Å². The maximum absolute atomic E-state index is 13.6. The van der Waals surface area contributed by atoms with Gasteiger partial charge < -0.3 is 5.11 Å². The second-order valence-corrected chi connectivity index (χ2v) is 6.48. The lowest BCUT2D eigenvalue weighted by Crippen LogP contribution is -2.16. The van der Waals surface area contributed by atoms with Crippen LogP contribution in [-0.2, 0) is 11.8 Å². The Morgan fingerprint density at radius 1 is 1.30 bits per heavy atom. The molecule has 6 heteroatoms. The van der Waals surface area contributed by atoms with E-state index in [4.69, 9.17) is 0 Å². The lowest BCUT2D eigenvalue weighted by atomic mass is 9.89. The van der Waals surface area contributed by atoms with Gasteiger partial charge in [-0.3, -0.25) is 0 Å². The van der Waals surface area contributed by atoms with Crippen molar-refractivity contribution in [2.75, 3.05) is 0 Å². The van der Waals surface area contributed by atoms with Crippen LogP contribution in [-0.4, -0.2) is 14.7 Å². The molecule has 0 aliphatic rings. The Kier molecular flexibility index (Phi) is 4.15. The van der Waals surface area contributed by atoms with Crippen molar-refractivity contribution in [2.24, 2.45) is 0 Å². The Hall–Kier alpha value is -1.40. The summed E-state index contributed by atoms with van der Waals surface area (Å²) in [6.07, 6.45) is -0.830. The predicted molar refractivity (Wildman–Crippen MR) is 73.6 cm³/mol. The third kappa shape index (κ3) is 3.19. The van der Waals surface area contributed by atoms with Crippen LogP contribution < -0.4 is 0 Å². The molecule has 0 aliphatic carbocycles. The molecule has 2 aromatic rings. The van der Waals surface area contributed by atoms with E-state index in [0.29, 0.717) is 10.6 Å². The Morgan fingerprint density at radius 3 is 2.60 bits per heavy atom. The molecular formula is C14H16F2N2OS. The van der Waals surface area contributed by atoms with Crippen molar-refractivity contribution in [3.05, 3.63) is 46.0 Å². The van der Waals surface area contributed by atoms with E-state index < -0.39 is 17.7 Å². The first-order valence-electron chi connectivity index (χ1n) is 6.23. The van der Waals surface area contributed by atoms with Gasteiger partial charge in [-0.15, -0.1) is 5.10 Å². The molecule has 3 nitrogen and oxygen atoms in total. The quantitative estimate of drug-likeness (QED) is 0.944. The van der Waals surface area contributed by atoms with Crippen molar-refractivity contribution in [2.45, 2.75) is 38.7 Å². The van der Waals surface area contributed by atoms with Gasteiger partial charge in [-0.2, -0.15) is 0 Å². The fourth-order valence-electron chi connectivity index (χ4n) is 1.92. The standard InChI is InChI=1S/C14H16F2N2OS/c1-14(2,3)13-12(20-18-17-13)11(19)6-8-4-5-9(15)7-10(8)16/h4-5,7,11,19H,6H2,1-3H3. The highest BCUT2D eigenvalue weighted by molar-refractivity contribution is 7.05. The number of benzene rings is 1. The summed E-state index contributed by atoms with van der Waals surface area (Å²) in [4.78, 5) is 0.626. The summed E-state index contributed by atoms with van der Waals surface area (Å²) in [6.45, 7) is 5.91. The van der Waals surface area contributed by atoms with Gasteiger partial charge in [0.15, 0.2) is 0 Å². The number of nitrogens with zero attached hydrogens (tertiary/aromatic N) is 2. The van der Waals surface area contributed by atoms with Gasteiger partial charge in [-0.25, -0.2) is 8.78 Å². The molecule has 1 aromatic carbocycles. The number of halogens is 2. The smallest absolute Gasteiger partial charge is 0.129 e. The maximum atomic E-state index is 13.6. The zero-order valence-electron chi connectivity index (χ0n) is 11.5. The van der Waals surface area contributed by atoms with Gasteiger partial charge in [-0.1, -0.05) is 31.3 Å². The SMILES string of the molecule is CC(C)(C)c1nnsc1C(O)Cc1ccc(F)cc1F. The first kappa shape index (κ1) is 15.0. The largest absolute Gasteiger partial charge is 0.387 e. The van der Waals surface area contributed by atoms with Crippen molar-refractivity contribution in [1.82, 2.24) is 9.59 Å². The first-order valence-corrected chi connectivity index (χ1v) is 7.01. The van der Waals surface area contributed by atoms with Crippen LogP contribution in [0.15, 0.2) is 18.2 Å². The second-order valence-electron chi connectivity index (χ2n) is 5.69. The highest BCUT2D eigenvalue weighted by atomic mass is 32.1. The summed E-state index contributed by atoms with van der Waals surface area (Å²) >= 11 is 1.11. The summed E-state index contributed by atoms with van der Waals surface area (Å²) in [7, 11) is 0. The van der Waals surface area contributed by atoms with E-state index in [1.165, 1.54) is 12.1 Å². The number of aliphatic hydroxyl groups excluding tert-OH is 1. The van der Waals surface area contributed by atoms with Crippen LogP contribution in [0.3, 0.4) is 0 Å². The van der Waals surface area contributed by atoms with E-state index in [1.807, 2.05) is 20.8 Å². The van der Waals surface area contributed by atoms with Crippen LogP contribution in [0.5, 0.6) is 0 Å². The molecule has 1 N–H and O–H groups in total. The minimum atomic E-state index is -0.899. The van der Waals surface area contributed by atoms with Crippen molar-refractivity contribution in [3.63, 3.8) is 0 Å². The highest BCUT2D eigenvalue weighted by Crippen LogP contribution is 2.32. The number of aromatic nitrogens is 2. The monoisotopic (exact) mass is 298 g/mol. The minimum Gasteiger partial charge on any atom is -0.387 e. The summed E-state index contributed by atoms with van der Waals surface area (Å²) in [5.74, 6) is -1.28. The van der Waals surface area contributed by atoms with Gasteiger partial charge in [0.05, 0.1) is 16.7 Å². The third-order valence-corrected chi connectivity index (χ3v) is 3.78. The average molecular weight is 298 g/mol. The van der Waals surface area contributed by atoms with Crippen molar-refractivity contribution in [3.8, 4) is 0 Å². The lowest BCUT2D eigenvalue weighted by molar-refractivity contribution is 0.178. The first-order chi connectivity index (χ1) is 9.29. The normalized spacial score (nSPS) is 13.5. The Bertz CT molecular complexity index is 607. The molecule has 1 atom stereocenters. The van der Waals surface area contributed by atoms with E-state index >= 15 is 0 Å². The number of hydrogen-bond acceptors (Lipinski definition) is 4. The Labute approximate surface area is 120 Å². The molecule has 0 bridgehead atoms. The molecule has 0 saturated carbocycles. The van der Waals surface area contributed by atoms with E-state index in [9.17, 15) is 13.9 Å². The number of aliphatic hydroxyl groups is 1. The molecule has 0 fully saturated rings. The number of rotatable bonds is 3. The fraction of sp³-hybridized carbons (Fsp3) is 0.429. The van der Waals surface area contributed by atoms with Crippen LogP contribution in [0.2, 0.25) is 0 Å². The molecular weight excluding hydrogens is 282 g/mol. The summed E-state index contributed by atoms with van der Waals surface area (Å²) < 4.78 is 30.3. The van der Waals surface area contributed by atoms with Gasteiger partial charge >= 0.3 is 0 Å². The molecule has 0 aliphatic heterocycles. The predicted octanol–water partition coefficient (Wildman–Crippen LogP) is 3.39. The molecule has 1 unspecified atom stereocenters. The van der Waals surface area contributed by atoms with E-state index in [2.05, 4.69) is 9.59 Å². The molecule has 1 heterocycles. The van der Waals surface area contributed by atoms with Crippen LogP contribution >= 0.6 is 11.5 Å². The van der Waals surface area contributed by atoms with Gasteiger partial charge in [0.1, 0.15) is 11.6 Å². The van der Waals surface area contributed by atoms with Crippen LogP contribution in [0, 0.1) is 11.6 Å². The third-order valence-electron chi connectivity index (χ3n) is 2.95. The molecule has 0 spiro atoms. The Balaban J connectivity index is 2.25. The zero-order chi connectivity index (χ0) is 14.9. The van der Waals surface area contributed by atoms with Crippen LogP contribution in [0.1, 0.15) is 43.0 Å². The second kappa shape index (κ2) is 5.54. The van der Waals surface area contributed by atoms with E-state index in [-0.39, 0.29) is 17.4 Å². The topological polar surface area (TPSA) is 46.0 Å². The van der Waals surface area contributed by atoms with Crippen molar-refractivity contribution in [1.29, 1.82) is 0 Å². The molecule has 1 aromatic heterocycles. The molecule has 20 heavy (non-hydrogen) atoms. The average Bonchev–Trinajstić information content (AvgIpc) is 2.81. The van der Waals surface area contributed by atoms with E-state index in [0.717, 1.165) is 17.6 Å². The van der Waals surface area contributed by atoms with Gasteiger partial charge in [0.2, 0.25) is 0 Å². The van der Waals surface area contributed by atoms with Gasteiger partial charge in [-0.05, 0) is 23.2 Å². The fourth-order valence-corrected chi connectivity index (χ4v) is 2.77. The molecule has 2 rings (SSSR count). The summed E-state index contributed by atoms with van der Waals surface area (Å²) in [5, 5.41) is 14.3. The summed E-state index contributed by atoms with van der Waals surface area (Å²) in [5.41, 5.74) is 0.731. The Morgan fingerprint density at radius 2 is 2.00 bits per heavy atom. The molecule has 0 amide bonds. The lowest BCUT2D eigenvalue weighted by Gasteiger charge is -2.19. The van der Waals surface area contributed by atoms with Gasteiger partial charge in [0.25, 0.3) is 0 Å². The maximum Gasteiger partial charge on any atom is 0.129 e. The minimum absolute atomic E-state index is 0.0685. The molecule has 108 valence electrons. The van der Waals surface area contributed by atoms with Crippen molar-refractivity contribution >= 4 is 11.5 Å². The highest BCUT2D eigenvalue weighted by Gasteiger charge is 2.26. The molecule has 0 saturated heterocycles. The van der Waals surface area contributed by atoms with Crippen LogP contribution in [0.25, 0.3) is 0 Å². The summed E-state index contributed by atoms with van der Waals surface area (Å²) in [6, 6.07) is 3.34. The molecule has 0 radical (unpaired) electrons.